The molecular formula is C29H32N4O6. The van der Waals surface area contributed by atoms with Crippen molar-refractivity contribution >= 4 is 29.6 Å². The lowest BCUT2D eigenvalue weighted by atomic mass is 10.1. The number of amides is 3. The maximum absolute atomic E-state index is 12.4. The molecule has 3 rings (SSSR count). The number of hydrogen-bond donors (Lipinski definition) is 3. The van der Waals surface area contributed by atoms with Gasteiger partial charge in [0, 0.05) is 17.8 Å². The van der Waals surface area contributed by atoms with E-state index >= 15 is 0 Å². The van der Waals surface area contributed by atoms with Gasteiger partial charge in [0.1, 0.15) is 5.75 Å². The van der Waals surface area contributed by atoms with Gasteiger partial charge in [-0.25, -0.2) is 5.43 Å². The van der Waals surface area contributed by atoms with Crippen LogP contribution in [0.15, 0.2) is 71.8 Å². The minimum atomic E-state index is -0.911. The number of ether oxygens (including phenoxy) is 3. The lowest BCUT2D eigenvalue weighted by Gasteiger charge is -2.11. The highest BCUT2D eigenvalue weighted by Crippen LogP contribution is 2.27. The molecule has 0 saturated heterocycles. The summed E-state index contributed by atoms with van der Waals surface area (Å²) in [6.07, 6.45) is 2.62. The number of carbonyl (C=O) groups excluding carboxylic acids is 3. The van der Waals surface area contributed by atoms with Gasteiger partial charge in [-0.2, -0.15) is 5.10 Å². The van der Waals surface area contributed by atoms with Gasteiger partial charge in [-0.1, -0.05) is 43.3 Å². The van der Waals surface area contributed by atoms with Crippen LogP contribution in [0.4, 0.5) is 5.69 Å². The van der Waals surface area contributed by atoms with E-state index in [0.717, 1.165) is 23.2 Å². The lowest BCUT2D eigenvalue weighted by molar-refractivity contribution is -0.139. The van der Waals surface area contributed by atoms with Crippen LogP contribution in [0.5, 0.6) is 17.2 Å². The summed E-state index contributed by atoms with van der Waals surface area (Å²) in [4.78, 5) is 36.7. The second-order valence-electron chi connectivity index (χ2n) is 8.28. The van der Waals surface area contributed by atoms with Crippen molar-refractivity contribution in [1.82, 2.24) is 10.7 Å². The molecule has 10 nitrogen and oxygen atoms in total. The summed E-state index contributed by atoms with van der Waals surface area (Å²) in [6.45, 7) is 2.05. The van der Waals surface area contributed by atoms with Crippen LogP contribution in [-0.2, 0) is 27.2 Å². The molecule has 39 heavy (non-hydrogen) atoms. The summed E-state index contributed by atoms with van der Waals surface area (Å²) in [5.41, 5.74) is 5.40. The average Bonchev–Trinajstić information content (AvgIpc) is 2.96. The van der Waals surface area contributed by atoms with Crippen LogP contribution in [0.3, 0.4) is 0 Å². The van der Waals surface area contributed by atoms with Crippen LogP contribution in [0, 0.1) is 0 Å². The SMILES string of the molecule is CCc1ccccc1NC(=O)COc1ccccc1/C=N\NC(=O)C(=O)NCCc1ccc(OC)c(OC)c1. The monoisotopic (exact) mass is 532 g/mol. The van der Waals surface area contributed by atoms with E-state index in [1.165, 1.54) is 6.21 Å². The van der Waals surface area contributed by atoms with Crippen LogP contribution < -0.4 is 30.3 Å². The van der Waals surface area contributed by atoms with Crippen molar-refractivity contribution in [2.75, 3.05) is 32.7 Å². The molecule has 0 fully saturated rings. The summed E-state index contributed by atoms with van der Waals surface area (Å²) < 4.78 is 16.1. The molecular weight excluding hydrogens is 500 g/mol. The van der Waals surface area contributed by atoms with Gasteiger partial charge in [0.05, 0.1) is 20.4 Å². The van der Waals surface area contributed by atoms with Gasteiger partial charge in [0.2, 0.25) is 0 Å². The third-order valence-corrected chi connectivity index (χ3v) is 5.67. The Balaban J connectivity index is 1.47. The fraction of sp³-hybridized carbons (Fsp3) is 0.241. The van der Waals surface area contributed by atoms with Gasteiger partial charge in [-0.15, -0.1) is 0 Å². The number of anilines is 1. The number of methoxy groups -OCH3 is 2. The van der Waals surface area contributed by atoms with E-state index in [1.807, 2.05) is 43.3 Å². The number of carbonyl (C=O) groups is 3. The van der Waals surface area contributed by atoms with Crippen molar-refractivity contribution in [2.24, 2.45) is 5.10 Å². The molecule has 0 aliphatic carbocycles. The maximum Gasteiger partial charge on any atom is 0.329 e. The summed E-state index contributed by atoms with van der Waals surface area (Å²) >= 11 is 0. The van der Waals surface area contributed by atoms with E-state index in [1.54, 1.807) is 44.6 Å². The molecule has 3 aromatic carbocycles. The molecule has 0 spiro atoms. The number of rotatable bonds is 12. The number of para-hydroxylation sites is 2. The van der Waals surface area contributed by atoms with E-state index in [4.69, 9.17) is 14.2 Å². The fourth-order valence-corrected chi connectivity index (χ4v) is 3.65. The number of hydrazone groups is 1. The quantitative estimate of drug-likeness (QED) is 0.187. The van der Waals surface area contributed by atoms with Gasteiger partial charge >= 0.3 is 11.8 Å². The minimum absolute atomic E-state index is 0.211. The van der Waals surface area contributed by atoms with E-state index in [9.17, 15) is 14.4 Å². The van der Waals surface area contributed by atoms with Crippen molar-refractivity contribution in [2.45, 2.75) is 19.8 Å². The fourth-order valence-electron chi connectivity index (χ4n) is 3.65. The molecule has 0 aromatic heterocycles. The Morgan fingerprint density at radius 3 is 2.38 bits per heavy atom. The number of hydrogen-bond acceptors (Lipinski definition) is 7. The van der Waals surface area contributed by atoms with E-state index in [-0.39, 0.29) is 19.1 Å². The molecule has 0 aliphatic heterocycles. The van der Waals surface area contributed by atoms with Gasteiger partial charge in [0.25, 0.3) is 5.91 Å². The zero-order valence-electron chi connectivity index (χ0n) is 22.2. The van der Waals surface area contributed by atoms with Crippen molar-refractivity contribution in [3.05, 3.63) is 83.4 Å². The molecule has 0 radical (unpaired) electrons. The van der Waals surface area contributed by atoms with Crippen LogP contribution in [0.1, 0.15) is 23.6 Å². The van der Waals surface area contributed by atoms with E-state index in [0.29, 0.717) is 29.2 Å². The topological polar surface area (TPSA) is 127 Å². The first-order chi connectivity index (χ1) is 18.9. The molecule has 0 bridgehead atoms. The Kier molecular flexibility index (Phi) is 10.9. The normalized spacial score (nSPS) is 10.5. The first kappa shape index (κ1) is 28.7. The molecule has 0 atom stereocenters. The summed E-state index contributed by atoms with van der Waals surface area (Å²) in [5.74, 6) is -0.447. The molecule has 0 unspecified atom stereocenters. The zero-order valence-corrected chi connectivity index (χ0v) is 22.2. The Morgan fingerprint density at radius 2 is 1.62 bits per heavy atom. The number of aryl methyl sites for hydroxylation is 1. The number of benzene rings is 3. The predicted octanol–water partition coefficient (Wildman–Crippen LogP) is 3.09. The third-order valence-electron chi connectivity index (χ3n) is 5.67. The first-order valence-corrected chi connectivity index (χ1v) is 12.4. The lowest BCUT2D eigenvalue weighted by Crippen LogP contribution is -2.38. The van der Waals surface area contributed by atoms with Gasteiger partial charge < -0.3 is 24.8 Å². The average molecular weight is 533 g/mol. The van der Waals surface area contributed by atoms with Gasteiger partial charge in [0.15, 0.2) is 18.1 Å². The van der Waals surface area contributed by atoms with Crippen LogP contribution >= 0.6 is 0 Å². The highest BCUT2D eigenvalue weighted by molar-refractivity contribution is 6.35. The largest absolute Gasteiger partial charge is 0.493 e. The second-order valence-corrected chi connectivity index (χ2v) is 8.28. The van der Waals surface area contributed by atoms with Crippen LogP contribution in [-0.4, -0.2) is 51.3 Å². The highest BCUT2D eigenvalue weighted by Gasteiger charge is 2.13. The standard InChI is InChI=1S/C29H32N4O6/c1-4-21-9-5-7-11-23(21)32-27(34)19-39-24-12-8-6-10-22(24)18-31-33-29(36)28(35)30-16-15-20-13-14-25(37-2)26(17-20)38-3/h5-14,17-18H,4,15-16,19H2,1-3H3,(H,30,35)(H,32,34)(H,33,36)/b31-18-. The summed E-state index contributed by atoms with van der Waals surface area (Å²) in [6, 6.07) is 19.9. The van der Waals surface area contributed by atoms with Gasteiger partial charge in [-0.3, -0.25) is 14.4 Å². The Bertz CT molecular complexity index is 1320. The zero-order chi connectivity index (χ0) is 28.0. The molecule has 0 aliphatic rings. The first-order valence-electron chi connectivity index (χ1n) is 12.4. The summed E-state index contributed by atoms with van der Waals surface area (Å²) in [7, 11) is 3.10. The number of nitrogens with zero attached hydrogens (tertiary/aromatic N) is 1. The smallest absolute Gasteiger partial charge is 0.329 e. The Labute approximate surface area is 227 Å². The van der Waals surface area contributed by atoms with Crippen molar-refractivity contribution in [3.63, 3.8) is 0 Å². The van der Waals surface area contributed by atoms with Crippen molar-refractivity contribution < 1.29 is 28.6 Å². The third kappa shape index (κ3) is 8.60. The Hall–Kier alpha value is -4.86. The van der Waals surface area contributed by atoms with E-state index < -0.39 is 11.8 Å². The molecule has 3 amide bonds. The maximum atomic E-state index is 12.4. The molecule has 3 N–H and O–H groups in total. The van der Waals surface area contributed by atoms with Gasteiger partial charge in [-0.05, 0) is 54.3 Å². The Morgan fingerprint density at radius 1 is 0.872 bits per heavy atom. The molecule has 0 heterocycles. The van der Waals surface area contributed by atoms with Crippen molar-refractivity contribution in [3.8, 4) is 17.2 Å². The second kappa shape index (κ2) is 14.8. The minimum Gasteiger partial charge on any atom is -0.493 e. The highest BCUT2D eigenvalue weighted by atomic mass is 16.5. The molecule has 204 valence electrons. The summed E-state index contributed by atoms with van der Waals surface area (Å²) in [5, 5.41) is 9.25. The van der Waals surface area contributed by atoms with E-state index in [2.05, 4.69) is 21.2 Å². The van der Waals surface area contributed by atoms with Crippen molar-refractivity contribution in [1.29, 1.82) is 0 Å². The number of nitrogens with one attached hydrogen (secondary N) is 3. The molecule has 0 saturated carbocycles. The van der Waals surface area contributed by atoms with Crippen LogP contribution in [0.2, 0.25) is 0 Å². The predicted molar refractivity (Wildman–Crippen MR) is 148 cm³/mol. The van der Waals surface area contributed by atoms with Crippen LogP contribution in [0.25, 0.3) is 0 Å². The molecule has 3 aromatic rings. The molecule has 10 heteroatoms.